The minimum absolute atomic E-state index is 0.00654. The molecule has 0 amide bonds. The summed E-state index contributed by atoms with van der Waals surface area (Å²) in [7, 11) is 0. The van der Waals surface area contributed by atoms with Gasteiger partial charge in [0.25, 0.3) is 0 Å². The van der Waals surface area contributed by atoms with E-state index in [2.05, 4.69) is 54.5 Å². The van der Waals surface area contributed by atoms with E-state index in [0.29, 0.717) is 12.8 Å². The molecular formula is C49H80O18. The van der Waals surface area contributed by atoms with Crippen LogP contribution < -0.4 is 0 Å². The molecule has 25 atom stereocenters. The Morgan fingerprint density at radius 2 is 1.30 bits per heavy atom. The first-order valence-corrected chi connectivity index (χ1v) is 24.6. The molecule has 3 saturated heterocycles. The number of aliphatic carboxylic acids is 1. The molecule has 18 heteroatoms. The number of fused-ring (bicyclic) bond motifs is 7. The van der Waals surface area contributed by atoms with E-state index in [1.54, 1.807) is 0 Å². The monoisotopic (exact) mass is 957 g/mol. The van der Waals surface area contributed by atoms with Crippen molar-refractivity contribution in [3.05, 3.63) is 11.6 Å². The van der Waals surface area contributed by atoms with Gasteiger partial charge < -0.3 is 84.6 Å². The van der Waals surface area contributed by atoms with E-state index < -0.39 is 116 Å². The summed E-state index contributed by atoms with van der Waals surface area (Å²) in [6.07, 6.45) is -17.8. The fraction of sp³-hybridized carbons (Fsp3) is 0.939. The number of ether oxygens (including phenoxy) is 6. The van der Waals surface area contributed by atoms with Crippen LogP contribution in [0.4, 0.5) is 0 Å². The zero-order valence-corrected chi connectivity index (χ0v) is 40.6. The van der Waals surface area contributed by atoms with Crippen LogP contribution in [0.2, 0.25) is 0 Å². The molecule has 0 aromatic heterocycles. The summed E-state index contributed by atoms with van der Waals surface area (Å²) >= 11 is 0. The summed E-state index contributed by atoms with van der Waals surface area (Å²) in [6, 6.07) is 0. The smallest absolute Gasteiger partial charge is 0.335 e. The van der Waals surface area contributed by atoms with E-state index in [1.165, 1.54) is 12.5 Å². The van der Waals surface area contributed by atoms with Gasteiger partial charge in [-0.2, -0.15) is 0 Å². The standard InChI is InChI=1S/C49H80O18/c1-22-29(53)31(55)35(59)40(62-22)66-37-32(56)30(54)25(20-50)63-41(37)67-38-34(58)33(57)36(39(60)61)65-42(38)64-28-12-13-47(7)26(45(28,5)21-51)11-15-48(8)46(6)17-16-44(4)24(18-43(2,3)19-27(44)52)23(46)10-14-49(47,48)9/h10,22,24-38,40-42,50-59H,11-21H2,1-9H3,(H,60,61). The molecule has 3 aliphatic heterocycles. The molecule has 8 aliphatic rings. The zero-order chi connectivity index (χ0) is 49.4. The number of carboxylic acids is 1. The normalized spacial score (nSPS) is 56.4. The van der Waals surface area contributed by atoms with Crippen molar-refractivity contribution in [3.63, 3.8) is 0 Å². The average Bonchev–Trinajstić information content (AvgIpc) is 3.26. The van der Waals surface area contributed by atoms with Crippen LogP contribution >= 0.6 is 0 Å². The summed E-state index contributed by atoms with van der Waals surface area (Å²) in [6.45, 7) is 18.8. The van der Waals surface area contributed by atoms with Crippen LogP contribution in [-0.2, 0) is 33.2 Å². The topological polar surface area (TPSA) is 295 Å². The summed E-state index contributed by atoms with van der Waals surface area (Å²) in [5.41, 5.74) is -0.519. The molecule has 5 aliphatic carbocycles. The average molecular weight is 957 g/mol. The van der Waals surface area contributed by atoms with E-state index in [1.807, 2.05) is 6.92 Å². The van der Waals surface area contributed by atoms with Crippen LogP contribution in [0, 0.1) is 49.7 Å². The van der Waals surface area contributed by atoms with E-state index in [-0.39, 0.29) is 57.0 Å². The van der Waals surface area contributed by atoms with Crippen LogP contribution in [0.15, 0.2) is 11.6 Å². The lowest BCUT2D eigenvalue weighted by Gasteiger charge is -2.76. The molecule has 25 unspecified atom stereocenters. The molecule has 0 spiro atoms. The lowest BCUT2D eigenvalue weighted by molar-refractivity contribution is -0.396. The molecule has 67 heavy (non-hydrogen) atoms. The maximum Gasteiger partial charge on any atom is 0.335 e. The minimum atomic E-state index is -2.07. The predicted molar refractivity (Wildman–Crippen MR) is 235 cm³/mol. The second-order valence-corrected chi connectivity index (χ2v) is 24.2. The lowest BCUT2D eigenvalue weighted by Crippen LogP contribution is -2.71. The highest BCUT2D eigenvalue weighted by Gasteiger charge is 2.74. The summed E-state index contributed by atoms with van der Waals surface area (Å²) in [4.78, 5) is 12.5. The highest BCUT2D eigenvalue weighted by molar-refractivity contribution is 5.73. The van der Waals surface area contributed by atoms with Crippen LogP contribution in [0.3, 0.4) is 0 Å². The van der Waals surface area contributed by atoms with Crippen molar-refractivity contribution in [1.82, 2.24) is 0 Å². The maximum absolute atomic E-state index is 12.5. The van der Waals surface area contributed by atoms with Crippen molar-refractivity contribution in [3.8, 4) is 0 Å². The molecule has 0 aromatic carbocycles. The van der Waals surface area contributed by atoms with E-state index in [0.717, 1.165) is 44.9 Å². The van der Waals surface area contributed by atoms with Crippen LogP contribution in [0.1, 0.15) is 120 Å². The Hall–Kier alpha value is -1.43. The first-order chi connectivity index (χ1) is 31.1. The van der Waals surface area contributed by atoms with Crippen LogP contribution in [0.25, 0.3) is 0 Å². The van der Waals surface area contributed by atoms with Crippen molar-refractivity contribution in [1.29, 1.82) is 0 Å². The summed E-state index contributed by atoms with van der Waals surface area (Å²) < 4.78 is 36.3. The maximum atomic E-state index is 12.5. The number of aliphatic hydroxyl groups is 10. The highest BCUT2D eigenvalue weighted by atomic mass is 16.8. The van der Waals surface area contributed by atoms with Gasteiger partial charge in [0, 0.05) is 10.8 Å². The molecule has 7 fully saturated rings. The predicted octanol–water partition coefficient (Wildman–Crippen LogP) is 1.09. The van der Waals surface area contributed by atoms with Crippen molar-refractivity contribution in [2.75, 3.05) is 13.2 Å². The third-order valence-corrected chi connectivity index (χ3v) is 20.5. The van der Waals surface area contributed by atoms with E-state index >= 15 is 0 Å². The largest absolute Gasteiger partial charge is 0.479 e. The number of allylic oxidation sites excluding steroid dienone is 2. The second-order valence-electron chi connectivity index (χ2n) is 24.2. The van der Waals surface area contributed by atoms with Crippen LogP contribution in [-0.4, -0.2) is 180 Å². The SMILES string of the molecule is CC1OC(OC2C(OC3C(OC4CCC5(C)C(CCC6(C)C7(C)CCC8(C)C(O)CC(C)(C)CC8C7=CCC56C)C4(C)CO)OC(C(=O)O)C(O)C3O)OC(CO)C(O)C2O)C(O)C(O)C1O. The molecule has 0 radical (unpaired) electrons. The number of carboxylic acid groups (broad SMARTS) is 1. The van der Waals surface area contributed by atoms with E-state index in [4.69, 9.17) is 28.4 Å². The van der Waals surface area contributed by atoms with Gasteiger partial charge in [-0.15, -0.1) is 0 Å². The van der Waals surface area contributed by atoms with Gasteiger partial charge in [-0.3, -0.25) is 0 Å². The Morgan fingerprint density at radius 1 is 0.672 bits per heavy atom. The van der Waals surface area contributed by atoms with Gasteiger partial charge in [0.1, 0.15) is 61.0 Å². The number of hydrogen-bond donors (Lipinski definition) is 11. The number of carbonyl (C=O) groups is 1. The molecule has 0 bridgehead atoms. The van der Waals surface area contributed by atoms with Gasteiger partial charge in [0.2, 0.25) is 0 Å². The van der Waals surface area contributed by atoms with Gasteiger partial charge in [-0.25, -0.2) is 4.79 Å². The van der Waals surface area contributed by atoms with Gasteiger partial charge in [0.15, 0.2) is 25.0 Å². The van der Waals surface area contributed by atoms with Crippen molar-refractivity contribution in [2.24, 2.45) is 49.7 Å². The molecular weight excluding hydrogens is 877 g/mol. The van der Waals surface area contributed by atoms with Crippen LogP contribution in [0.5, 0.6) is 0 Å². The highest BCUT2D eigenvalue weighted by Crippen LogP contribution is 2.80. The Bertz CT molecular complexity index is 1870. The molecule has 0 aromatic rings. The van der Waals surface area contributed by atoms with Gasteiger partial charge in [0.05, 0.1) is 31.5 Å². The Balaban J connectivity index is 1.09. The number of hydrogen-bond acceptors (Lipinski definition) is 17. The summed E-state index contributed by atoms with van der Waals surface area (Å²) in [5.74, 6) is -1.45. The lowest BCUT2D eigenvalue weighted by atomic mass is 9.29. The molecule has 4 saturated carbocycles. The van der Waals surface area contributed by atoms with Gasteiger partial charge in [-0.05, 0) is 104 Å². The van der Waals surface area contributed by atoms with Crippen molar-refractivity contribution < 1.29 is 89.4 Å². The Labute approximate surface area is 393 Å². The van der Waals surface area contributed by atoms with Crippen molar-refractivity contribution >= 4 is 5.97 Å². The van der Waals surface area contributed by atoms with Crippen molar-refractivity contribution in [2.45, 2.75) is 224 Å². The Morgan fingerprint density at radius 3 is 1.93 bits per heavy atom. The molecule has 11 N–H and O–H groups in total. The third kappa shape index (κ3) is 7.67. The first-order valence-electron chi connectivity index (χ1n) is 24.6. The minimum Gasteiger partial charge on any atom is -0.479 e. The zero-order valence-electron chi connectivity index (χ0n) is 40.6. The fourth-order valence-electron chi connectivity index (χ4n) is 15.5. The molecule has 384 valence electrons. The fourth-order valence-corrected chi connectivity index (χ4v) is 15.5. The number of aliphatic hydroxyl groups excluding tert-OH is 10. The second kappa shape index (κ2) is 17.7. The van der Waals surface area contributed by atoms with Gasteiger partial charge >= 0.3 is 5.97 Å². The quantitative estimate of drug-likeness (QED) is 0.114. The van der Waals surface area contributed by atoms with Gasteiger partial charge in [-0.1, -0.05) is 67.0 Å². The molecule has 3 heterocycles. The number of rotatable bonds is 9. The third-order valence-electron chi connectivity index (χ3n) is 20.5. The Kier molecular flexibility index (Phi) is 13.7. The first kappa shape index (κ1) is 51.9. The molecule has 8 rings (SSSR count). The van der Waals surface area contributed by atoms with E-state index in [9.17, 15) is 61.0 Å². The summed E-state index contributed by atoms with van der Waals surface area (Å²) in [5, 5.41) is 120. The molecule has 18 nitrogen and oxygen atoms in total.